The Morgan fingerprint density at radius 1 is 1.11 bits per heavy atom. The molecule has 2 aromatic carbocycles. The summed E-state index contributed by atoms with van der Waals surface area (Å²) in [7, 11) is -3.72. The lowest BCUT2D eigenvalue weighted by Crippen LogP contribution is -2.25. The summed E-state index contributed by atoms with van der Waals surface area (Å²) in [6.45, 7) is 0.393. The fraction of sp³-hybridized carbons (Fsp3) is 0.231. The van der Waals surface area contributed by atoms with Gasteiger partial charge in [0, 0.05) is 17.6 Å². The number of aryl methyl sites for hydroxylation is 1. The molecule has 1 amide bonds. The monoisotopic (exact) mass is 506 g/mol. The Labute approximate surface area is 208 Å². The number of sulfonamides is 1. The zero-order valence-electron chi connectivity index (χ0n) is 19.0. The number of aromatic nitrogens is 1. The SMILES string of the molecule is Nc1c(C(=O)NCCc2ccc(S(N)(=O)=O)cc2)sc2nc3c(cc12)C[C@@H](c1ccccc1)CC3. The molecule has 0 saturated carbocycles. The van der Waals surface area contributed by atoms with Gasteiger partial charge >= 0.3 is 0 Å². The van der Waals surface area contributed by atoms with Gasteiger partial charge in [-0.2, -0.15) is 0 Å². The van der Waals surface area contributed by atoms with E-state index in [2.05, 4.69) is 35.6 Å². The first-order valence-corrected chi connectivity index (χ1v) is 13.8. The van der Waals surface area contributed by atoms with Crippen molar-refractivity contribution in [3.8, 4) is 0 Å². The minimum Gasteiger partial charge on any atom is -0.397 e. The predicted molar refractivity (Wildman–Crippen MR) is 139 cm³/mol. The minimum atomic E-state index is -3.72. The molecule has 9 heteroatoms. The summed E-state index contributed by atoms with van der Waals surface area (Å²) >= 11 is 1.32. The van der Waals surface area contributed by atoms with Crippen LogP contribution in [-0.4, -0.2) is 25.9 Å². The van der Waals surface area contributed by atoms with Crippen LogP contribution in [-0.2, 0) is 29.3 Å². The first-order chi connectivity index (χ1) is 16.8. The van der Waals surface area contributed by atoms with Crippen LogP contribution in [0, 0.1) is 0 Å². The summed E-state index contributed by atoms with van der Waals surface area (Å²) in [5, 5.41) is 8.88. The molecule has 0 fully saturated rings. The summed E-state index contributed by atoms with van der Waals surface area (Å²) in [6, 6.07) is 19.0. The first-order valence-electron chi connectivity index (χ1n) is 11.5. The number of benzene rings is 2. The molecule has 2 aromatic heterocycles. The van der Waals surface area contributed by atoms with Crippen molar-refractivity contribution in [3.05, 3.63) is 87.9 Å². The Morgan fingerprint density at radius 2 is 1.86 bits per heavy atom. The number of carbonyl (C=O) groups excluding carboxylic acids is 1. The van der Waals surface area contributed by atoms with Gasteiger partial charge in [-0.25, -0.2) is 18.5 Å². The number of nitrogens with one attached hydrogen (secondary N) is 1. The molecular weight excluding hydrogens is 480 g/mol. The molecule has 0 spiro atoms. The number of amides is 1. The Kier molecular flexibility index (Phi) is 6.31. The molecule has 0 radical (unpaired) electrons. The van der Waals surface area contributed by atoms with Crippen LogP contribution in [0.25, 0.3) is 10.2 Å². The second-order valence-corrected chi connectivity index (χ2v) is 11.4. The molecule has 7 nitrogen and oxygen atoms in total. The normalized spacial score (nSPS) is 15.6. The standard InChI is InChI=1S/C26H26N4O3S2/c27-23-21-15-19-14-18(17-4-2-1-3-5-17)8-11-22(19)30-26(21)34-24(23)25(31)29-13-12-16-6-9-20(10-7-16)35(28,32)33/h1-7,9-10,15,18H,8,11-14,27H2,(H,29,31)(H2,28,32,33)/t18-/m0/s1. The molecule has 2 heterocycles. The van der Waals surface area contributed by atoms with Crippen molar-refractivity contribution in [1.82, 2.24) is 10.3 Å². The second-order valence-electron chi connectivity index (χ2n) is 8.84. The number of thiophene rings is 1. The van der Waals surface area contributed by atoms with Crippen LogP contribution in [0.1, 0.15) is 44.4 Å². The van der Waals surface area contributed by atoms with E-state index in [0.717, 1.165) is 40.7 Å². The van der Waals surface area contributed by atoms with Crippen molar-refractivity contribution in [3.63, 3.8) is 0 Å². The maximum absolute atomic E-state index is 12.9. The van der Waals surface area contributed by atoms with Gasteiger partial charge in [0.1, 0.15) is 9.71 Å². The molecule has 0 aliphatic heterocycles. The molecular formula is C26H26N4O3S2. The average Bonchev–Trinajstić information content (AvgIpc) is 3.18. The van der Waals surface area contributed by atoms with Crippen LogP contribution >= 0.6 is 11.3 Å². The lowest BCUT2D eigenvalue weighted by Gasteiger charge is -2.24. The number of pyridine rings is 1. The van der Waals surface area contributed by atoms with E-state index in [9.17, 15) is 13.2 Å². The van der Waals surface area contributed by atoms with E-state index in [1.807, 2.05) is 6.07 Å². The third-order valence-electron chi connectivity index (χ3n) is 6.51. The van der Waals surface area contributed by atoms with E-state index in [-0.39, 0.29) is 10.8 Å². The van der Waals surface area contributed by atoms with Gasteiger partial charge in [0.15, 0.2) is 0 Å². The maximum atomic E-state index is 12.9. The van der Waals surface area contributed by atoms with Gasteiger partial charge in [-0.1, -0.05) is 42.5 Å². The van der Waals surface area contributed by atoms with Gasteiger partial charge in [0.25, 0.3) is 5.91 Å². The van der Waals surface area contributed by atoms with Gasteiger partial charge in [-0.15, -0.1) is 11.3 Å². The van der Waals surface area contributed by atoms with Crippen LogP contribution in [0.15, 0.2) is 65.6 Å². The highest BCUT2D eigenvalue weighted by Crippen LogP contribution is 2.38. The smallest absolute Gasteiger partial charge is 0.263 e. The van der Waals surface area contributed by atoms with Gasteiger partial charge in [-0.3, -0.25) is 4.79 Å². The Morgan fingerprint density at radius 3 is 2.57 bits per heavy atom. The minimum absolute atomic E-state index is 0.0635. The van der Waals surface area contributed by atoms with Crippen LogP contribution in [0.3, 0.4) is 0 Å². The van der Waals surface area contributed by atoms with Crippen LogP contribution in [0.5, 0.6) is 0 Å². The Bertz CT molecular complexity index is 1500. The summed E-state index contributed by atoms with van der Waals surface area (Å²) in [5.74, 6) is 0.233. The van der Waals surface area contributed by atoms with Crippen molar-refractivity contribution >= 4 is 43.2 Å². The summed E-state index contributed by atoms with van der Waals surface area (Å²) in [4.78, 5) is 19.1. The molecule has 1 aliphatic carbocycles. The number of fused-ring (bicyclic) bond motifs is 2. The number of nitrogen functional groups attached to an aromatic ring is 1. The molecule has 0 saturated heterocycles. The molecule has 180 valence electrons. The number of rotatable bonds is 6. The zero-order valence-corrected chi connectivity index (χ0v) is 20.7. The highest BCUT2D eigenvalue weighted by molar-refractivity contribution is 7.89. The fourth-order valence-corrected chi connectivity index (χ4v) is 6.14. The highest BCUT2D eigenvalue weighted by atomic mass is 32.2. The number of anilines is 1. The number of nitrogens with two attached hydrogens (primary N) is 2. The van der Waals surface area contributed by atoms with Crippen molar-refractivity contribution in [1.29, 1.82) is 0 Å². The topological polar surface area (TPSA) is 128 Å². The van der Waals surface area contributed by atoms with E-state index >= 15 is 0 Å². The maximum Gasteiger partial charge on any atom is 0.263 e. The molecule has 0 unspecified atom stereocenters. The van der Waals surface area contributed by atoms with Gasteiger partial charge < -0.3 is 11.1 Å². The second kappa shape index (κ2) is 9.41. The van der Waals surface area contributed by atoms with Gasteiger partial charge in [-0.05, 0) is 66.5 Å². The predicted octanol–water partition coefficient (Wildman–Crippen LogP) is 3.77. The fourth-order valence-electron chi connectivity index (χ4n) is 4.62. The average molecular weight is 507 g/mol. The van der Waals surface area contributed by atoms with Crippen molar-refractivity contribution in [2.75, 3.05) is 12.3 Å². The highest BCUT2D eigenvalue weighted by Gasteiger charge is 2.24. The molecule has 5 N–H and O–H groups in total. The van der Waals surface area contributed by atoms with Crippen molar-refractivity contribution in [2.45, 2.75) is 36.5 Å². The molecule has 1 aliphatic rings. The molecule has 0 bridgehead atoms. The number of hydrogen-bond donors (Lipinski definition) is 3. The largest absolute Gasteiger partial charge is 0.397 e. The van der Waals surface area contributed by atoms with Crippen molar-refractivity contribution < 1.29 is 13.2 Å². The number of nitrogens with zero attached hydrogens (tertiary/aromatic N) is 1. The Hall–Kier alpha value is -3.27. The van der Waals surface area contributed by atoms with E-state index in [0.29, 0.717) is 29.4 Å². The number of hydrogen-bond acceptors (Lipinski definition) is 6. The van der Waals surface area contributed by atoms with Crippen LogP contribution < -0.4 is 16.2 Å². The van der Waals surface area contributed by atoms with Crippen LogP contribution in [0.2, 0.25) is 0 Å². The van der Waals surface area contributed by atoms with E-state index in [4.69, 9.17) is 15.9 Å². The van der Waals surface area contributed by atoms with E-state index < -0.39 is 10.0 Å². The summed E-state index contributed by atoms with van der Waals surface area (Å²) < 4.78 is 22.8. The third kappa shape index (κ3) is 4.93. The lowest BCUT2D eigenvalue weighted by atomic mass is 9.82. The molecule has 5 rings (SSSR count). The quantitative estimate of drug-likeness (QED) is 0.367. The number of carbonyl (C=O) groups is 1. The molecule has 1 atom stereocenters. The summed E-state index contributed by atoms with van der Waals surface area (Å²) in [5.41, 5.74) is 11.4. The Balaban J connectivity index is 1.28. The zero-order chi connectivity index (χ0) is 24.6. The molecule has 35 heavy (non-hydrogen) atoms. The number of primary sulfonamides is 1. The van der Waals surface area contributed by atoms with Crippen molar-refractivity contribution in [2.24, 2.45) is 5.14 Å². The van der Waals surface area contributed by atoms with E-state index in [1.54, 1.807) is 12.1 Å². The van der Waals surface area contributed by atoms with Gasteiger partial charge in [0.05, 0.1) is 10.6 Å². The molecule has 4 aromatic rings. The van der Waals surface area contributed by atoms with Crippen LogP contribution in [0.4, 0.5) is 5.69 Å². The summed E-state index contributed by atoms with van der Waals surface area (Å²) in [6.07, 6.45) is 3.44. The van der Waals surface area contributed by atoms with Gasteiger partial charge in [0.2, 0.25) is 10.0 Å². The first kappa shape index (κ1) is 23.5. The van der Waals surface area contributed by atoms with E-state index in [1.165, 1.54) is 34.6 Å². The lowest BCUT2D eigenvalue weighted by molar-refractivity contribution is 0.0959. The third-order valence-corrected chi connectivity index (χ3v) is 8.56.